The SMILES string of the molecule is CC(C)(C)OC(=O)NC1=N[C@](C)(c2cc(N=[N+]=[N-])ccc2F)C(F)S(=O)(=O)C12CC2. The van der Waals surface area contributed by atoms with Crippen LogP contribution in [0.15, 0.2) is 28.3 Å². The molecule has 0 aromatic heterocycles. The summed E-state index contributed by atoms with van der Waals surface area (Å²) >= 11 is 0. The molecule has 2 atom stereocenters. The topological polar surface area (TPSA) is 134 Å². The van der Waals surface area contributed by atoms with E-state index in [1.54, 1.807) is 20.8 Å². The van der Waals surface area contributed by atoms with Crippen LogP contribution in [0.2, 0.25) is 0 Å². The molecule has 1 aromatic carbocycles. The van der Waals surface area contributed by atoms with Crippen molar-refractivity contribution in [1.29, 1.82) is 0 Å². The fourth-order valence-corrected chi connectivity index (χ4v) is 5.61. The van der Waals surface area contributed by atoms with Gasteiger partial charge in [-0.2, -0.15) is 0 Å². The average molecular weight is 441 g/mol. The molecule has 12 heteroatoms. The number of alkyl carbamates (subject to hydrolysis) is 1. The highest BCUT2D eigenvalue weighted by molar-refractivity contribution is 7.94. The molecule has 1 amide bonds. The minimum absolute atomic E-state index is 0.0386. The molecule has 1 fully saturated rings. The van der Waals surface area contributed by atoms with Crippen LogP contribution in [0.3, 0.4) is 0 Å². The van der Waals surface area contributed by atoms with Crippen molar-refractivity contribution in [2.24, 2.45) is 10.1 Å². The van der Waals surface area contributed by atoms with Gasteiger partial charge in [0.15, 0.2) is 9.84 Å². The third-order valence-corrected chi connectivity index (χ3v) is 7.71. The summed E-state index contributed by atoms with van der Waals surface area (Å²) in [6, 6.07) is 3.14. The lowest BCUT2D eigenvalue weighted by atomic mass is 9.92. The van der Waals surface area contributed by atoms with Crippen LogP contribution in [0, 0.1) is 5.82 Å². The first-order chi connectivity index (χ1) is 13.8. The van der Waals surface area contributed by atoms with Crippen LogP contribution >= 0.6 is 0 Å². The zero-order valence-corrected chi connectivity index (χ0v) is 17.6. The Balaban J connectivity index is 2.16. The van der Waals surface area contributed by atoms with Crippen molar-refractivity contribution in [1.82, 2.24) is 5.32 Å². The maximum atomic E-state index is 15.4. The van der Waals surface area contributed by atoms with Crippen LogP contribution in [-0.2, 0) is 20.1 Å². The molecular formula is C18H21F2N5O4S. The second-order valence-corrected chi connectivity index (χ2v) is 10.7. The number of nitrogens with zero attached hydrogens (tertiary/aromatic N) is 4. The Morgan fingerprint density at radius 3 is 2.57 bits per heavy atom. The molecule has 1 heterocycles. The number of ether oxygens (including phenoxy) is 1. The van der Waals surface area contributed by atoms with Crippen LogP contribution in [0.1, 0.15) is 46.1 Å². The molecule has 1 aliphatic heterocycles. The van der Waals surface area contributed by atoms with Gasteiger partial charge in [0.25, 0.3) is 0 Å². The Labute approximate surface area is 172 Å². The van der Waals surface area contributed by atoms with Crippen molar-refractivity contribution in [3.05, 3.63) is 40.0 Å². The number of nitrogens with one attached hydrogen (secondary N) is 1. The van der Waals surface area contributed by atoms with Gasteiger partial charge in [0.1, 0.15) is 27.5 Å². The molecule has 1 spiro atoms. The number of hydrogen-bond acceptors (Lipinski definition) is 6. The Hall–Kier alpha value is -2.72. The molecule has 30 heavy (non-hydrogen) atoms. The molecule has 162 valence electrons. The van der Waals surface area contributed by atoms with E-state index in [1.807, 2.05) is 0 Å². The number of rotatable bonds is 2. The number of alkyl halides is 1. The van der Waals surface area contributed by atoms with Crippen molar-refractivity contribution in [3.8, 4) is 0 Å². The number of carbonyl (C=O) groups excluding carboxylic acids is 1. The van der Waals surface area contributed by atoms with Crippen LogP contribution in [0.5, 0.6) is 0 Å². The van der Waals surface area contributed by atoms with E-state index < -0.39 is 48.7 Å². The van der Waals surface area contributed by atoms with Crippen molar-refractivity contribution in [2.75, 3.05) is 0 Å². The summed E-state index contributed by atoms with van der Waals surface area (Å²) in [4.78, 5) is 19.0. The Kier molecular flexibility index (Phi) is 5.07. The van der Waals surface area contributed by atoms with E-state index in [0.717, 1.165) is 19.1 Å². The van der Waals surface area contributed by atoms with Gasteiger partial charge >= 0.3 is 6.09 Å². The normalized spacial score (nSPS) is 26.3. The lowest BCUT2D eigenvalue weighted by Gasteiger charge is -2.38. The average Bonchev–Trinajstić information content (AvgIpc) is 3.42. The molecule has 1 unspecified atom stereocenters. The van der Waals surface area contributed by atoms with Gasteiger partial charge in [-0.25, -0.2) is 22.0 Å². The first-order valence-electron chi connectivity index (χ1n) is 9.10. The van der Waals surface area contributed by atoms with E-state index in [0.29, 0.717) is 0 Å². The van der Waals surface area contributed by atoms with Crippen molar-refractivity contribution >= 4 is 27.5 Å². The van der Waals surface area contributed by atoms with Gasteiger partial charge in [-0.05, 0) is 64.3 Å². The molecule has 3 rings (SSSR count). The molecule has 1 aliphatic carbocycles. The molecule has 2 aliphatic rings. The maximum Gasteiger partial charge on any atom is 0.413 e. The van der Waals surface area contributed by atoms with Gasteiger partial charge in [-0.3, -0.25) is 10.3 Å². The molecule has 0 saturated heterocycles. The molecule has 9 nitrogen and oxygen atoms in total. The minimum atomic E-state index is -4.50. The van der Waals surface area contributed by atoms with Crippen LogP contribution in [0.4, 0.5) is 19.3 Å². The number of amidine groups is 1. The summed E-state index contributed by atoms with van der Waals surface area (Å²) in [5.74, 6) is -1.22. The summed E-state index contributed by atoms with van der Waals surface area (Å²) in [6.07, 6.45) is -0.811. The molecule has 1 aromatic rings. The summed E-state index contributed by atoms with van der Waals surface area (Å²) in [6.45, 7) is 5.98. The second-order valence-electron chi connectivity index (χ2n) is 8.44. The number of halogens is 2. The third kappa shape index (κ3) is 3.50. The smallest absolute Gasteiger partial charge is 0.413 e. The van der Waals surface area contributed by atoms with Crippen molar-refractivity contribution in [2.45, 2.75) is 61.9 Å². The van der Waals surface area contributed by atoms with E-state index in [1.165, 1.54) is 6.07 Å². The molecule has 0 radical (unpaired) electrons. The third-order valence-electron chi connectivity index (χ3n) is 5.01. The zero-order valence-electron chi connectivity index (χ0n) is 16.8. The molecular weight excluding hydrogens is 420 g/mol. The first-order valence-corrected chi connectivity index (χ1v) is 10.6. The number of azide groups is 1. The molecule has 1 saturated carbocycles. The van der Waals surface area contributed by atoms with Gasteiger partial charge in [0, 0.05) is 16.2 Å². The van der Waals surface area contributed by atoms with Crippen LogP contribution < -0.4 is 5.32 Å². The minimum Gasteiger partial charge on any atom is -0.444 e. The highest BCUT2D eigenvalue weighted by Crippen LogP contribution is 2.54. The summed E-state index contributed by atoms with van der Waals surface area (Å²) in [7, 11) is -4.50. The van der Waals surface area contributed by atoms with Gasteiger partial charge in [-0.1, -0.05) is 5.11 Å². The highest BCUT2D eigenvalue weighted by Gasteiger charge is 2.68. The summed E-state index contributed by atoms with van der Waals surface area (Å²) in [5.41, 5.74) is 2.49. The fourth-order valence-electron chi connectivity index (χ4n) is 3.39. The fraction of sp³-hybridized carbons (Fsp3) is 0.556. The van der Waals surface area contributed by atoms with Crippen LogP contribution in [0.25, 0.3) is 10.4 Å². The number of hydrogen-bond donors (Lipinski definition) is 1. The van der Waals surface area contributed by atoms with Gasteiger partial charge in [0.05, 0.1) is 0 Å². The largest absolute Gasteiger partial charge is 0.444 e. The number of benzene rings is 1. The van der Waals surface area contributed by atoms with E-state index in [-0.39, 0.29) is 24.4 Å². The Morgan fingerprint density at radius 1 is 1.40 bits per heavy atom. The maximum absolute atomic E-state index is 15.4. The predicted molar refractivity (Wildman–Crippen MR) is 105 cm³/mol. The lowest BCUT2D eigenvalue weighted by molar-refractivity contribution is 0.0561. The molecule has 0 bridgehead atoms. The van der Waals surface area contributed by atoms with Crippen LogP contribution in [-0.4, -0.2) is 36.2 Å². The highest BCUT2D eigenvalue weighted by atomic mass is 32.2. The van der Waals surface area contributed by atoms with Crippen molar-refractivity contribution < 1.29 is 26.7 Å². The standard InChI is InChI=1S/C18H21F2N5O4S/c1-16(2,3)29-15(26)22-14-18(7-8-18)30(27,28)13(20)17(4,23-14)11-9-10(24-25-21)5-6-12(11)19/h5-6,9,13H,7-8H2,1-4H3,(H,22,23,26)/t13?,17-/m1/s1. The monoisotopic (exact) mass is 441 g/mol. The number of amides is 1. The Bertz CT molecular complexity index is 1090. The van der Waals surface area contributed by atoms with Gasteiger partial charge < -0.3 is 4.74 Å². The number of carbonyl (C=O) groups is 1. The second kappa shape index (κ2) is 6.92. The number of sulfone groups is 1. The summed E-state index contributed by atoms with van der Waals surface area (Å²) in [5, 5.41) is 5.68. The van der Waals surface area contributed by atoms with E-state index >= 15 is 4.39 Å². The van der Waals surface area contributed by atoms with Gasteiger partial charge in [0.2, 0.25) is 5.50 Å². The first kappa shape index (κ1) is 22.0. The molecule has 1 N–H and O–H groups in total. The quantitative estimate of drug-likeness (QED) is 0.419. The lowest BCUT2D eigenvalue weighted by Crippen LogP contribution is -2.57. The predicted octanol–water partition coefficient (Wildman–Crippen LogP) is 4.16. The van der Waals surface area contributed by atoms with Gasteiger partial charge in [-0.15, -0.1) is 0 Å². The van der Waals surface area contributed by atoms with Crippen molar-refractivity contribution in [3.63, 3.8) is 0 Å². The zero-order chi connectivity index (χ0) is 22.5. The van der Waals surface area contributed by atoms with E-state index in [9.17, 15) is 17.6 Å². The Morgan fingerprint density at radius 2 is 2.03 bits per heavy atom. The summed E-state index contributed by atoms with van der Waals surface area (Å²) < 4.78 is 59.6. The van der Waals surface area contributed by atoms with E-state index in [2.05, 4.69) is 20.3 Å². The number of aliphatic imine (C=N–C) groups is 1. The van der Waals surface area contributed by atoms with E-state index in [4.69, 9.17) is 10.3 Å².